The molecule has 1 aromatic rings. The van der Waals surface area contributed by atoms with Gasteiger partial charge in [0, 0.05) is 0 Å². The summed E-state index contributed by atoms with van der Waals surface area (Å²) in [7, 11) is -4.67. The Bertz CT molecular complexity index is 600. The number of hydrogen-bond donors (Lipinski definition) is 3. The van der Waals surface area contributed by atoms with E-state index in [0.717, 1.165) is 13.0 Å². The molecule has 17 heavy (non-hydrogen) atoms. The first-order valence-corrected chi connectivity index (χ1v) is 5.67. The van der Waals surface area contributed by atoms with Crippen LogP contribution < -0.4 is 0 Å². The zero-order valence-corrected chi connectivity index (χ0v) is 9.35. The summed E-state index contributed by atoms with van der Waals surface area (Å²) in [5, 5.41) is 17.5. The Kier molecular flexibility index (Phi) is 3.21. The average Bonchev–Trinajstić information content (AvgIpc) is 2.15. The number of benzene rings is 1. The topological polar surface area (TPSA) is 129 Å². The summed E-state index contributed by atoms with van der Waals surface area (Å²) in [4.78, 5) is 20.8. The lowest BCUT2D eigenvalue weighted by atomic mass is 10.1. The van der Waals surface area contributed by atoms with E-state index in [1.165, 1.54) is 0 Å². The van der Waals surface area contributed by atoms with Gasteiger partial charge in [-0.15, -0.1) is 0 Å². The fourth-order valence-corrected chi connectivity index (χ4v) is 2.07. The van der Waals surface area contributed by atoms with Crippen LogP contribution in [0.25, 0.3) is 0 Å². The normalized spacial score (nSPS) is 11.2. The van der Waals surface area contributed by atoms with Crippen LogP contribution in [0.4, 0.5) is 0 Å². The molecule has 0 bridgehead atoms. The Labute approximate surface area is 96.1 Å². The Morgan fingerprint density at radius 3 is 2.00 bits per heavy atom. The van der Waals surface area contributed by atoms with E-state index in [9.17, 15) is 18.0 Å². The minimum absolute atomic E-state index is 0.218. The molecule has 1 rings (SSSR count). The summed E-state index contributed by atoms with van der Waals surface area (Å²) in [6.07, 6.45) is 0. The molecule has 0 saturated carbocycles. The summed E-state index contributed by atoms with van der Waals surface area (Å²) < 4.78 is 30.8. The molecular weight excluding hydrogens is 252 g/mol. The van der Waals surface area contributed by atoms with Crippen LogP contribution in [0.15, 0.2) is 17.0 Å². The second-order valence-electron chi connectivity index (χ2n) is 3.23. The highest BCUT2D eigenvalue weighted by molar-refractivity contribution is 7.85. The number of aromatic carboxylic acids is 2. The van der Waals surface area contributed by atoms with Crippen molar-refractivity contribution in [1.82, 2.24) is 0 Å². The lowest BCUT2D eigenvalue weighted by Crippen LogP contribution is -2.10. The van der Waals surface area contributed by atoms with E-state index in [1.54, 1.807) is 0 Å². The third-order valence-corrected chi connectivity index (χ3v) is 3.10. The number of carbonyl (C=O) groups is 2. The third-order valence-electron chi connectivity index (χ3n) is 2.12. The summed E-state index contributed by atoms with van der Waals surface area (Å²) >= 11 is 0. The Morgan fingerprint density at radius 1 is 1.12 bits per heavy atom. The van der Waals surface area contributed by atoms with Crippen molar-refractivity contribution >= 4 is 22.1 Å². The summed E-state index contributed by atoms with van der Waals surface area (Å²) in [5.41, 5.74) is -1.23. The molecule has 1 aromatic carbocycles. The molecule has 0 aliphatic rings. The van der Waals surface area contributed by atoms with Crippen molar-refractivity contribution in [2.45, 2.75) is 11.8 Å². The second kappa shape index (κ2) is 4.15. The molecule has 92 valence electrons. The lowest BCUT2D eigenvalue weighted by molar-refractivity contribution is 0.0695. The van der Waals surface area contributed by atoms with E-state index in [4.69, 9.17) is 14.8 Å². The predicted octanol–water partition coefficient (Wildman–Crippen LogP) is 0.638. The van der Waals surface area contributed by atoms with Gasteiger partial charge in [-0.1, -0.05) is 0 Å². The Balaban J connectivity index is 3.73. The number of carboxylic acid groups (broad SMARTS) is 2. The molecule has 0 unspecified atom stereocenters. The first-order valence-electron chi connectivity index (χ1n) is 4.23. The molecule has 0 aliphatic heterocycles. The number of hydrogen-bond acceptors (Lipinski definition) is 4. The Hall–Kier alpha value is -1.93. The summed E-state index contributed by atoms with van der Waals surface area (Å²) in [6.45, 7) is 1.16. The van der Waals surface area contributed by atoms with E-state index < -0.39 is 38.1 Å². The van der Waals surface area contributed by atoms with Gasteiger partial charge >= 0.3 is 11.9 Å². The van der Waals surface area contributed by atoms with Gasteiger partial charge < -0.3 is 10.2 Å². The number of rotatable bonds is 3. The summed E-state index contributed by atoms with van der Waals surface area (Å²) in [6, 6.07) is 1.54. The van der Waals surface area contributed by atoms with Crippen LogP contribution in [0, 0.1) is 6.92 Å². The van der Waals surface area contributed by atoms with Gasteiger partial charge in [-0.2, -0.15) is 8.42 Å². The average molecular weight is 260 g/mol. The van der Waals surface area contributed by atoms with Gasteiger partial charge in [0.05, 0.1) is 16.0 Å². The molecular formula is C9H8O7S. The minimum atomic E-state index is -4.67. The smallest absolute Gasteiger partial charge is 0.336 e. The van der Waals surface area contributed by atoms with Crippen molar-refractivity contribution in [2.75, 3.05) is 0 Å². The van der Waals surface area contributed by atoms with Gasteiger partial charge in [-0.3, -0.25) is 4.55 Å². The highest BCUT2D eigenvalue weighted by Gasteiger charge is 2.22. The van der Waals surface area contributed by atoms with E-state index in [2.05, 4.69) is 0 Å². The largest absolute Gasteiger partial charge is 0.478 e. The maximum absolute atomic E-state index is 11.0. The van der Waals surface area contributed by atoms with Gasteiger partial charge in [0.2, 0.25) is 0 Å². The highest BCUT2D eigenvalue weighted by Crippen LogP contribution is 2.21. The molecule has 0 radical (unpaired) electrons. The van der Waals surface area contributed by atoms with E-state index in [-0.39, 0.29) is 5.56 Å². The van der Waals surface area contributed by atoms with Crippen LogP contribution in [0.5, 0.6) is 0 Å². The number of carboxylic acids is 2. The minimum Gasteiger partial charge on any atom is -0.478 e. The molecule has 7 nitrogen and oxygen atoms in total. The van der Waals surface area contributed by atoms with Gasteiger partial charge in [0.1, 0.15) is 0 Å². The first kappa shape index (κ1) is 13.1. The molecule has 3 N–H and O–H groups in total. The van der Waals surface area contributed by atoms with Crippen molar-refractivity contribution in [3.05, 3.63) is 28.8 Å². The van der Waals surface area contributed by atoms with Crippen molar-refractivity contribution < 1.29 is 32.8 Å². The SMILES string of the molecule is Cc1c(C(=O)O)cc(C(=O)O)cc1S(=O)(=O)O. The molecule has 0 amide bonds. The predicted molar refractivity (Wildman–Crippen MR) is 54.9 cm³/mol. The van der Waals surface area contributed by atoms with Gasteiger partial charge in [0.25, 0.3) is 10.1 Å². The van der Waals surface area contributed by atoms with Crippen LogP contribution in [-0.2, 0) is 10.1 Å². The van der Waals surface area contributed by atoms with Gasteiger partial charge in [-0.05, 0) is 24.6 Å². The highest BCUT2D eigenvalue weighted by atomic mass is 32.2. The maximum atomic E-state index is 11.0. The van der Waals surface area contributed by atoms with Gasteiger partial charge in [-0.25, -0.2) is 9.59 Å². The molecule has 0 fully saturated rings. The lowest BCUT2D eigenvalue weighted by Gasteiger charge is -2.07. The molecule has 8 heteroatoms. The maximum Gasteiger partial charge on any atom is 0.336 e. The fourth-order valence-electron chi connectivity index (χ4n) is 1.30. The van der Waals surface area contributed by atoms with Crippen LogP contribution in [0.3, 0.4) is 0 Å². The fraction of sp³-hybridized carbons (Fsp3) is 0.111. The van der Waals surface area contributed by atoms with Crippen LogP contribution in [0.1, 0.15) is 26.3 Å². The first-order chi connectivity index (χ1) is 7.64. The molecule has 0 saturated heterocycles. The van der Waals surface area contributed by atoms with Crippen LogP contribution in [0.2, 0.25) is 0 Å². The van der Waals surface area contributed by atoms with Crippen LogP contribution >= 0.6 is 0 Å². The molecule has 0 aromatic heterocycles. The second-order valence-corrected chi connectivity index (χ2v) is 4.62. The van der Waals surface area contributed by atoms with Gasteiger partial charge in [0.15, 0.2) is 0 Å². The Morgan fingerprint density at radius 2 is 1.65 bits per heavy atom. The van der Waals surface area contributed by atoms with Crippen molar-refractivity contribution in [2.24, 2.45) is 0 Å². The third kappa shape index (κ3) is 2.60. The molecule has 0 spiro atoms. The van der Waals surface area contributed by atoms with Crippen molar-refractivity contribution in [3.63, 3.8) is 0 Å². The van der Waals surface area contributed by atoms with Crippen molar-refractivity contribution in [3.8, 4) is 0 Å². The van der Waals surface area contributed by atoms with E-state index in [0.29, 0.717) is 6.07 Å². The zero-order chi connectivity index (χ0) is 13.4. The van der Waals surface area contributed by atoms with Crippen LogP contribution in [-0.4, -0.2) is 35.1 Å². The van der Waals surface area contributed by atoms with E-state index >= 15 is 0 Å². The molecule has 0 aliphatic carbocycles. The summed E-state index contributed by atoms with van der Waals surface area (Å²) in [5.74, 6) is -2.96. The van der Waals surface area contributed by atoms with E-state index in [1.807, 2.05) is 0 Å². The molecule has 0 atom stereocenters. The molecule has 0 heterocycles. The van der Waals surface area contributed by atoms with Crippen molar-refractivity contribution in [1.29, 1.82) is 0 Å². The monoisotopic (exact) mass is 260 g/mol. The standard InChI is InChI=1S/C9H8O7S/c1-4-6(9(12)13)2-5(8(10)11)3-7(4)17(14,15)16/h2-3H,1H3,(H,10,11)(H,12,13)(H,14,15,16). The quantitative estimate of drug-likeness (QED) is 0.680. The zero-order valence-electron chi connectivity index (χ0n) is 8.54.